The van der Waals surface area contributed by atoms with Crippen molar-refractivity contribution in [3.63, 3.8) is 0 Å². The minimum absolute atomic E-state index is 0.297. The van der Waals surface area contributed by atoms with E-state index < -0.39 is 10.0 Å². The highest BCUT2D eigenvalue weighted by molar-refractivity contribution is 7.89. The Labute approximate surface area is 133 Å². The third-order valence-electron chi connectivity index (χ3n) is 4.54. The number of hydrogen-bond donors (Lipinski definition) is 1. The zero-order chi connectivity index (χ0) is 15.6. The van der Waals surface area contributed by atoms with Gasteiger partial charge in [0.1, 0.15) is 10.7 Å². The van der Waals surface area contributed by atoms with Crippen LogP contribution in [-0.2, 0) is 10.0 Å². The number of rotatable bonds is 7. The quantitative estimate of drug-likeness (QED) is 0.838. The predicted molar refractivity (Wildman–Crippen MR) is 87.3 cm³/mol. The molecule has 5 nitrogen and oxygen atoms in total. The van der Waals surface area contributed by atoms with E-state index in [1.165, 1.54) is 25.5 Å². The number of anilines is 1. The topological polar surface area (TPSA) is 62.3 Å². The molecule has 1 unspecified atom stereocenters. The van der Waals surface area contributed by atoms with Crippen molar-refractivity contribution in [3.05, 3.63) is 18.3 Å². The molecule has 1 saturated carbocycles. The van der Waals surface area contributed by atoms with Gasteiger partial charge in [-0.1, -0.05) is 12.8 Å². The minimum atomic E-state index is -3.35. The first-order valence-electron chi connectivity index (χ1n) is 8.28. The lowest BCUT2D eigenvalue weighted by Crippen LogP contribution is -2.28. The number of nitrogens with one attached hydrogen (secondary N) is 1. The molecule has 122 valence electrons. The van der Waals surface area contributed by atoms with Crippen LogP contribution >= 0.6 is 0 Å². The first-order valence-corrected chi connectivity index (χ1v) is 9.72. The fourth-order valence-corrected chi connectivity index (χ4v) is 4.38. The predicted octanol–water partition coefficient (Wildman–Crippen LogP) is 2.86. The normalized spacial score (nSPS) is 21.0. The fourth-order valence-electron chi connectivity index (χ4n) is 2.91. The van der Waals surface area contributed by atoms with Crippen LogP contribution in [0.2, 0.25) is 0 Å². The molecule has 2 fully saturated rings. The average Bonchev–Trinajstić information content (AvgIpc) is 3.16. The first kappa shape index (κ1) is 15.7. The summed E-state index contributed by atoms with van der Waals surface area (Å²) in [4.78, 5) is 4.58. The van der Waals surface area contributed by atoms with E-state index in [-0.39, 0.29) is 0 Å². The Morgan fingerprint density at radius 3 is 2.64 bits per heavy atom. The van der Waals surface area contributed by atoms with Gasteiger partial charge >= 0.3 is 0 Å². The van der Waals surface area contributed by atoms with Gasteiger partial charge in [-0.25, -0.2) is 13.4 Å². The molecule has 1 saturated heterocycles. The van der Waals surface area contributed by atoms with Crippen LogP contribution in [0, 0.1) is 5.92 Å². The van der Waals surface area contributed by atoms with Gasteiger partial charge in [0.15, 0.2) is 0 Å². The third kappa shape index (κ3) is 3.79. The van der Waals surface area contributed by atoms with Crippen molar-refractivity contribution in [1.29, 1.82) is 0 Å². The molecule has 0 amide bonds. The van der Waals surface area contributed by atoms with E-state index in [1.54, 1.807) is 16.4 Å². The van der Waals surface area contributed by atoms with Crippen molar-refractivity contribution in [1.82, 2.24) is 9.29 Å². The second kappa shape index (κ2) is 6.54. The van der Waals surface area contributed by atoms with Crippen molar-refractivity contribution >= 4 is 15.8 Å². The highest BCUT2D eigenvalue weighted by Crippen LogP contribution is 2.34. The lowest BCUT2D eigenvalue weighted by Gasteiger charge is -2.17. The number of pyridine rings is 1. The molecule has 3 rings (SSSR count). The molecule has 2 heterocycles. The summed E-state index contributed by atoms with van der Waals surface area (Å²) in [7, 11) is -3.35. The third-order valence-corrected chi connectivity index (χ3v) is 6.42. The lowest BCUT2D eigenvalue weighted by molar-refractivity contribution is 0.477. The van der Waals surface area contributed by atoms with Crippen molar-refractivity contribution < 1.29 is 8.42 Å². The van der Waals surface area contributed by atoms with E-state index in [9.17, 15) is 8.42 Å². The molecular weight excluding hydrogens is 298 g/mol. The number of nitrogens with zero attached hydrogens (tertiary/aromatic N) is 2. The SMILES string of the molecule is CC(CCC1CC1)Nc1ccc(S(=O)(=O)N2CCCC2)cn1. The van der Waals surface area contributed by atoms with Crippen LogP contribution in [0.1, 0.15) is 45.4 Å². The van der Waals surface area contributed by atoms with Gasteiger partial charge in [-0.2, -0.15) is 4.31 Å². The van der Waals surface area contributed by atoms with Crippen LogP contribution in [0.25, 0.3) is 0 Å². The fraction of sp³-hybridized carbons (Fsp3) is 0.688. The summed E-state index contributed by atoms with van der Waals surface area (Å²) in [6.45, 7) is 3.40. The summed E-state index contributed by atoms with van der Waals surface area (Å²) in [6, 6.07) is 3.81. The summed E-state index contributed by atoms with van der Waals surface area (Å²) >= 11 is 0. The molecule has 6 heteroatoms. The summed E-state index contributed by atoms with van der Waals surface area (Å²) < 4.78 is 26.4. The van der Waals surface area contributed by atoms with Crippen LogP contribution in [0.3, 0.4) is 0 Å². The van der Waals surface area contributed by atoms with Gasteiger partial charge in [0.25, 0.3) is 0 Å². The second-order valence-corrected chi connectivity index (χ2v) is 8.49. The molecule has 2 aliphatic rings. The summed E-state index contributed by atoms with van der Waals surface area (Å²) in [6.07, 6.45) is 8.55. The van der Waals surface area contributed by atoms with Crippen LogP contribution in [0.15, 0.2) is 23.2 Å². The largest absolute Gasteiger partial charge is 0.368 e. The molecule has 0 spiro atoms. The Kier molecular flexibility index (Phi) is 4.68. The van der Waals surface area contributed by atoms with E-state index in [1.807, 2.05) is 0 Å². The summed E-state index contributed by atoms with van der Waals surface area (Å²) in [5.41, 5.74) is 0. The van der Waals surface area contributed by atoms with E-state index in [4.69, 9.17) is 0 Å². The number of hydrogen-bond acceptors (Lipinski definition) is 4. The number of aromatic nitrogens is 1. The molecule has 1 aliphatic carbocycles. The molecule has 0 bridgehead atoms. The molecule has 0 radical (unpaired) electrons. The molecule has 0 aromatic carbocycles. The van der Waals surface area contributed by atoms with Crippen molar-refractivity contribution in [2.45, 2.75) is 56.4 Å². The van der Waals surface area contributed by atoms with Crippen molar-refractivity contribution in [2.75, 3.05) is 18.4 Å². The maximum atomic E-state index is 12.4. The molecule has 1 N–H and O–H groups in total. The van der Waals surface area contributed by atoms with Crippen LogP contribution in [0.4, 0.5) is 5.82 Å². The Morgan fingerprint density at radius 2 is 2.05 bits per heavy atom. The maximum absolute atomic E-state index is 12.4. The molecule has 1 aliphatic heterocycles. The number of sulfonamides is 1. The van der Waals surface area contributed by atoms with Crippen molar-refractivity contribution in [2.24, 2.45) is 5.92 Å². The van der Waals surface area contributed by atoms with E-state index in [2.05, 4.69) is 17.2 Å². The molecule has 22 heavy (non-hydrogen) atoms. The van der Waals surface area contributed by atoms with Gasteiger partial charge in [-0.05, 0) is 50.7 Å². The zero-order valence-corrected chi connectivity index (χ0v) is 14.0. The summed E-state index contributed by atoms with van der Waals surface area (Å²) in [5.74, 6) is 1.69. The van der Waals surface area contributed by atoms with Gasteiger partial charge in [0.2, 0.25) is 10.0 Å². The average molecular weight is 323 g/mol. The monoisotopic (exact) mass is 323 g/mol. The molecule has 1 aromatic heterocycles. The molecule has 1 atom stereocenters. The Morgan fingerprint density at radius 1 is 1.32 bits per heavy atom. The molecule has 1 aromatic rings. The van der Waals surface area contributed by atoms with Gasteiger partial charge < -0.3 is 5.32 Å². The van der Waals surface area contributed by atoms with E-state index in [0.717, 1.165) is 31.0 Å². The molecular formula is C16H25N3O2S. The van der Waals surface area contributed by atoms with Crippen molar-refractivity contribution in [3.8, 4) is 0 Å². The van der Waals surface area contributed by atoms with Gasteiger partial charge in [-0.3, -0.25) is 0 Å². The Balaban J connectivity index is 1.59. The summed E-state index contributed by atoms with van der Waals surface area (Å²) in [5, 5.41) is 3.35. The standard InChI is InChI=1S/C16H25N3O2S/c1-13(4-5-14-6-7-14)18-16-9-8-15(12-17-16)22(20,21)19-10-2-3-11-19/h8-9,12-14H,2-7,10-11H2,1H3,(H,17,18). The van der Waals surface area contributed by atoms with Crippen LogP contribution in [-0.4, -0.2) is 36.8 Å². The maximum Gasteiger partial charge on any atom is 0.244 e. The minimum Gasteiger partial charge on any atom is -0.368 e. The van der Waals surface area contributed by atoms with Gasteiger partial charge in [0, 0.05) is 25.3 Å². The highest BCUT2D eigenvalue weighted by atomic mass is 32.2. The van der Waals surface area contributed by atoms with Crippen LogP contribution < -0.4 is 5.32 Å². The Hall–Kier alpha value is -1.14. The van der Waals surface area contributed by atoms with E-state index in [0.29, 0.717) is 24.0 Å². The first-order chi connectivity index (χ1) is 10.6. The zero-order valence-electron chi connectivity index (χ0n) is 13.2. The highest BCUT2D eigenvalue weighted by Gasteiger charge is 2.27. The van der Waals surface area contributed by atoms with E-state index >= 15 is 0 Å². The second-order valence-electron chi connectivity index (χ2n) is 6.56. The van der Waals surface area contributed by atoms with Gasteiger partial charge in [-0.15, -0.1) is 0 Å². The lowest BCUT2D eigenvalue weighted by atomic mass is 10.1. The smallest absolute Gasteiger partial charge is 0.244 e. The Bertz CT molecular complexity index is 590. The van der Waals surface area contributed by atoms with Crippen LogP contribution in [0.5, 0.6) is 0 Å². The van der Waals surface area contributed by atoms with Gasteiger partial charge in [0.05, 0.1) is 0 Å².